The Balaban J connectivity index is 1.22. The average Bonchev–Trinajstić information content (AvgIpc) is 3.03. The predicted octanol–water partition coefficient (Wildman–Crippen LogP) is 15.0. The van der Waals surface area contributed by atoms with Crippen molar-refractivity contribution >= 4 is 63.7 Å². The van der Waals surface area contributed by atoms with Crippen LogP contribution in [0.1, 0.15) is 122 Å². The van der Waals surface area contributed by atoms with E-state index in [4.69, 9.17) is 0 Å². The monoisotopic (exact) mass is 942 g/mol. The van der Waals surface area contributed by atoms with E-state index in [1.165, 1.54) is 117 Å². The molecule has 52 heavy (non-hydrogen) atoms. The van der Waals surface area contributed by atoms with Crippen LogP contribution in [0, 0.1) is 50.4 Å². The summed E-state index contributed by atoms with van der Waals surface area (Å²) in [6.45, 7) is 9.63. The summed E-state index contributed by atoms with van der Waals surface area (Å²) in [5.41, 5.74) is 14.1. The molecule has 4 aromatic rings. The molecule has 0 N–H and O–H groups in total. The van der Waals surface area contributed by atoms with Crippen molar-refractivity contribution in [3.8, 4) is 0 Å². The Morgan fingerprint density at radius 1 is 0.365 bits per heavy atom. The predicted molar refractivity (Wildman–Crippen MR) is 229 cm³/mol. The Hall–Kier alpha value is -1.20. The van der Waals surface area contributed by atoms with E-state index in [0.717, 1.165) is 11.8 Å². The van der Waals surface area contributed by atoms with Gasteiger partial charge in [0.15, 0.2) is 0 Å². The quantitative estimate of drug-likeness (QED) is 0.187. The number of aryl methyl sites for hydroxylation is 4. The molecule has 0 spiro atoms. The first kappa shape index (κ1) is 35.2. The molecular weight excluding hydrogens is 896 g/mol. The second kappa shape index (κ2) is 11.7. The van der Waals surface area contributed by atoms with Gasteiger partial charge in [0.2, 0.25) is 0 Å². The average molecular weight is 947 g/mol. The third-order valence-corrected chi connectivity index (χ3v) is 18.3. The highest BCUT2D eigenvalue weighted by Crippen LogP contribution is 2.82. The lowest BCUT2D eigenvalue weighted by atomic mass is 9.26. The minimum absolute atomic E-state index is 0.217. The van der Waals surface area contributed by atoms with Gasteiger partial charge in [0, 0.05) is 17.9 Å². The molecule has 8 saturated carbocycles. The second-order valence-corrected chi connectivity index (χ2v) is 23.2. The van der Waals surface area contributed by atoms with Crippen molar-refractivity contribution in [3.63, 3.8) is 0 Å². The normalized spacial score (nSPS) is 38.3. The van der Waals surface area contributed by atoms with Crippen LogP contribution in [0.3, 0.4) is 0 Å². The second-order valence-electron chi connectivity index (χ2n) is 19.5. The molecule has 0 nitrogen and oxygen atoms in total. The van der Waals surface area contributed by atoms with Gasteiger partial charge in [-0.1, -0.05) is 88.0 Å². The summed E-state index contributed by atoms with van der Waals surface area (Å²) in [5, 5.41) is 0. The Morgan fingerprint density at radius 2 is 0.615 bits per heavy atom. The van der Waals surface area contributed by atoms with E-state index in [0.29, 0.717) is 10.8 Å². The topological polar surface area (TPSA) is 0 Å². The molecule has 8 aliphatic carbocycles. The van der Waals surface area contributed by atoms with E-state index in [1.807, 2.05) is 0 Å². The highest BCUT2D eigenvalue weighted by atomic mass is 79.9. The van der Waals surface area contributed by atoms with Crippen LogP contribution in [-0.4, -0.2) is 0 Å². The first-order valence-corrected chi connectivity index (χ1v) is 22.9. The first-order chi connectivity index (χ1) is 24.7. The smallest absolute Gasteiger partial charge is 0.0178 e. The van der Waals surface area contributed by atoms with Gasteiger partial charge in [-0.25, -0.2) is 0 Å². The van der Waals surface area contributed by atoms with E-state index in [-0.39, 0.29) is 21.7 Å². The summed E-state index contributed by atoms with van der Waals surface area (Å²) in [5.74, 6) is 1.54. The molecular formula is C48H50Br4. The van der Waals surface area contributed by atoms with Crippen molar-refractivity contribution in [1.82, 2.24) is 0 Å². The molecule has 8 bridgehead atoms. The third-order valence-electron chi connectivity index (χ3n) is 16.3. The number of benzene rings is 4. The standard InChI is InChI=1S/C48H50Br4/c1-29-13-35(49)5-9-39(29)43-17-33-18-44(23-43,40-10-6-36(50)14-30(40)2)26-47(21-33,25-43)48-22-34-19-45(27-48,41-11-7-37(51)15-31(41)3)24-46(20-34,28-48)42-12-8-38(52)16-32(42)4/h5-16,33-34H,17-28H2,1-4H3. The molecule has 0 aromatic heterocycles. The maximum atomic E-state index is 3.85. The Morgan fingerprint density at radius 3 is 0.846 bits per heavy atom. The van der Waals surface area contributed by atoms with Crippen molar-refractivity contribution in [2.75, 3.05) is 0 Å². The van der Waals surface area contributed by atoms with E-state index < -0.39 is 0 Å². The van der Waals surface area contributed by atoms with Crippen LogP contribution in [0.2, 0.25) is 0 Å². The summed E-state index contributed by atoms with van der Waals surface area (Å²) >= 11 is 15.4. The lowest BCUT2D eigenvalue weighted by Gasteiger charge is -2.78. The molecule has 0 aliphatic heterocycles. The first-order valence-electron chi connectivity index (χ1n) is 19.8. The van der Waals surface area contributed by atoms with Gasteiger partial charge in [-0.3, -0.25) is 0 Å². The third kappa shape index (κ3) is 4.97. The van der Waals surface area contributed by atoms with E-state index >= 15 is 0 Å². The molecule has 8 aliphatic rings. The maximum absolute atomic E-state index is 3.85. The zero-order valence-corrected chi connectivity index (χ0v) is 37.4. The summed E-state index contributed by atoms with van der Waals surface area (Å²) in [7, 11) is 0. The lowest BCUT2D eigenvalue weighted by molar-refractivity contribution is -0.225. The molecule has 0 amide bonds. The van der Waals surface area contributed by atoms with Crippen molar-refractivity contribution < 1.29 is 0 Å². The minimum Gasteiger partial charge on any atom is -0.0571 e. The summed E-state index contributed by atoms with van der Waals surface area (Å²) in [4.78, 5) is 0. The molecule has 270 valence electrons. The van der Waals surface area contributed by atoms with E-state index in [1.54, 1.807) is 22.3 Å². The molecule has 8 fully saturated rings. The SMILES string of the molecule is Cc1cc(Br)ccc1C12CC3CC(c4ccc(Br)cc4C)(C1)CC(C14CC5CC(c6ccc(Br)cc6C)(CC(c6ccc(Br)cc6C)(C5)C1)C4)(C3)C2. The summed E-state index contributed by atoms with van der Waals surface area (Å²) in [6.07, 6.45) is 16.4. The Bertz CT molecular complexity index is 1870. The molecule has 0 saturated heterocycles. The molecule has 0 heterocycles. The summed E-state index contributed by atoms with van der Waals surface area (Å²) in [6, 6.07) is 29.3. The van der Waals surface area contributed by atoms with Crippen LogP contribution in [0.25, 0.3) is 0 Å². The maximum Gasteiger partial charge on any atom is 0.0178 e. The fourth-order valence-electron chi connectivity index (χ4n) is 16.1. The van der Waals surface area contributed by atoms with Crippen molar-refractivity contribution in [1.29, 1.82) is 0 Å². The van der Waals surface area contributed by atoms with Crippen LogP contribution < -0.4 is 0 Å². The minimum atomic E-state index is 0.217. The number of rotatable bonds is 5. The van der Waals surface area contributed by atoms with Crippen LogP contribution in [-0.2, 0) is 21.7 Å². The number of hydrogen-bond acceptors (Lipinski definition) is 0. The van der Waals surface area contributed by atoms with E-state index in [9.17, 15) is 0 Å². The molecule has 4 heteroatoms. The van der Waals surface area contributed by atoms with Gasteiger partial charge in [-0.05, 0) is 242 Å². The van der Waals surface area contributed by atoms with Crippen LogP contribution in [0.4, 0.5) is 0 Å². The van der Waals surface area contributed by atoms with Crippen molar-refractivity contribution in [2.45, 2.75) is 126 Å². The number of hydrogen-bond donors (Lipinski definition) is 0. The highest BCUT2D eigenvalue weighted by Gasteiger charge is 2.75. The van der Waals surface area contributed by atoms with Gasteiger partial charge < -0.3 is 0 Å². The molecule has 0 radical (unpaired) electrons. The lowest BCUT2D eigenvalue weighted by Crippen LogP contribution is -2.71. The van der Waals surface area contributed by atoms with Crippen molar-refractivity contribution in [2.24, 2.45) is 22.7 Å². The van der Waals surface area contributed by atoms with Crippen molar-refractivity contribution in [3.05, 3.63) is 135 Å². The van der Waals surface area contributed by atoms with Gasteiger partial charge in [0.1, 0.15) is 0 Å². The van der Waals surface area contributed by atoms with Gasteiger partial charge in [0.25, 0.3) is 0 Å². The Kier molecular flexibility index (Phi) is 7.91. The molecule has 4 aromatic carbocycles. The van der Waals surface area contributed by atoms with Crippen LogP contribution >= 0.6 is 63.7 Å². The number of halogens is 4. The molecule has 4 atom stereocenters. The van der Waals surface area contributed by atoms with Gasteiger partial charge in [-0.2, -0.15) is 0 Å². The zero-order chi connectivity index (χ0) is 36.1. The fraction of sp³-hybridized carbons (Fsp3) is 0.500. The van der Waals surface area contributed by atoms with Gasteiger partial charge in [-0.15, -0.1) is 0 Å². The highest BCUT2D eigenvalue weighted by molar-refractivity contribution is 9.11. The van der Waals surface area contributed by atoms with Crippen LogP contribution in [0.15, 0.2) is 90.7 Å². The zero-order valence-electron chi connectivity index (χ0n) is 31.1. The largest absolute Gasteiger partial charge is 0.0571 e. The van der Waals surface area contributed by atoms with Gasteiger partial charge in [0.05, 0.1) is 0 Å². The summed E-state index contributed by atoms with van der Waals surface area (Å²) < 4.78 is 4.86. The molecule has 4 unspecified atom stereocenters. The Labute approximate surface area is 345 Å². The fourth-order valence-corrected chi connectivity index (χ4v) is 18.1. The van der Waals surface area contributed by atoms with Crippen LogP contribution in [0.5, 0.6) is 0 Å². The van der Waals surface area contributed by atoms with Gasteiger partial charge >= 0.3 is 0 Å². The molecule has 12 rings (SSSR count). The van der Waals surface area contributed by atoms with E-state index in [2.05, 4.69) is 164 Å².